The highest BCUT2D eigenvalue weighted by Crippen LogP contribution is 2.34. The minimum absolute atomic E-state index is 0.587. The fraction of sp³-hybridized carbons (Fsp3) is 0.200. The van der Waals surface area contributed by atoms with Gasteiger partial charge in [0.2, 0.25) is 0 Å². The second kappa shape index (κ2) is 4.61. The quantitative estimate of drug-likeness (QED) is 0.751. The van der Waals surface area contributed by atoms with Crippen molar-refractivity contribution >= 4 is 5.69 Å². The first-order valence-corrected chi connectivity index (χ1v) is 5.83. The Balaban J connectivity index is 2.55. The van der Waals surface area contributed by atoms with Crippen LogP contribution in [0.5, 0.6) is 0 Å². The van der Waals surface area contributed by atoms with E-state index in [-0.39, 0.29) is 0 Å². The summed E-state index contributed by atoms with van der Waals surface area (Å²) in [6.45, 7) is 3.58. The van der Waals surface area contributed by atoms with Gasteiger partial charge in [-0.3, -0.25) is 0 Å². The standard InChI is InChI=1S/C15H14F3N/c1-9-3-5-12(19)8-14(9)13-6-4-11(7-10(13)2)15(16,17)18/h3-8H,19H2,1-2H3. The first-order chi connectivity index (χ1) is 8.79. The summed E-state index contributed by atoms with van der Waals surface area (Å²) in [6, 6.07) is 9.19. The molecular weight excluding hydrogens is 251 g/mol. The fourth-order valence-corrected chi connectivity index (χ4v) is 2.07. The second-order valence-electron chi connectivity index (χ2n) is 4.60. The zero-order valence-corrected chi connectivity index (χ0v) is 10.7. The monoisotopic (exact) mass is 265 g/mol. The molecule has 100 valence electrons. The van der Waals surface area contributed by atoms with Gasteiger partial charge < -0.3 is 5.73 Å². The van der Waals surface area contributed by atoms with E-state index in [1.165, 1.54) is 6.07 Å². The Morgan fingerprint density at radius 1 is 0.842 bits per heavy atom. The molecule has 19 heavy (non-hydrogen) atoms. The molecule has 0 aliphatic rings. The Kier molecular flexibility index (Phi) is 3.27. The lowest BCUT2D eigenvalue weighted by molar-refractivity contribution is -0.137. The van der Waals surface area contributed by atoms with Gasteiger partial charge in [-0.05, 0) is 60.4 Å². The lowest BCUT2D eigenvalue weighted by Gasteiger charge is -2.13. The maximum atomic E-state index is 12.6. The summed E-state index contributed by atoms with van der Waals surface area (Å²) in [5.41, 5.74) is 8.91. The van der Waals surface area contributed by atoms with Crippen LogP contribution in [0.1, 0.15) is 16.7 Å². The van der Waals surface area contributed by atoms with Crippen molar-refractivity contribution in [1.29, 1.82) is 0 Å². The Bertz CT molecular complexity index is 615. The smallest absolute Gasteiger partial charge is 0.399 e. The van der Waals surface area contributed by atoms with E-state index in [4.69, 9.17) is 5.73 Å². The summed E-state index contributed by atoms with van der Waals surface area (Å²) in [4.78, 5) is 0. The molecule has 0 aromatic heterocycles. The van der Waals surface area contributed by atoms with Crippen LogP contribution in [0.4, 0.5) is 18.9 Å². The third kappa shape index (κ3) is 2.72. The van der Waals surface area contributed by atoms with Gasteiger partial charge in [0.05, 0.1) is 5.56 Å². The van der Waals surface area contributed by atoms with Crippen LogP contribution >= 0.6 is 0 Å². The van der Waals surface area contributed by atoms with Crippen molar-refractivity contribution in [3.8, 4) is 11.1 Å². The molecule has 2 rings (SSSR count). The molecule has 4 heteroatoms. The van der Waals surface area contributed by atoms with E-state index < -0.39 is 11.7 Å². The van der Waals surface area contributed by atoms with Crippen molar-refractivity contribution < 1.29 is 13.2 Å². The summed E-state index contributed by atoms with van der Waals surface area (Å²) in [5.74, 6) is 0. The molecule has 0 unspecified atom stereocenters. The van der Waals surface area contributed by atoms with Crippen molar-refractivity contribution in [2.45, 2.75) is 20.0 Å². The van der Waals surface area contributed by atoms with Crippen LogP contribution in [0.2, 0.25) is 0 Å². The van der Waals surface area contributed by atoms with E-state index in [0.717, 1.165) is 28.8 Å². The second-order valence-corrected chi connectivity index (χ2v) is 4.60. The summed E-state index contributed by atoms with van der Waals surface area (Å²) in [5, 5.41) is 0. The van der Waals surface area contributed by atoms with Crippen LogP contribution in [0.25, 0.3) is 11.1 Å². The SMILES string of the molecule is Cc1cc(C(F)(F)F)ccc1-c1cc(N)ccc1C. The maximum absolute atomic E-state index is 12.6. The van der Waals surface area contributed by atoms with Crippen LogP contribution in [0.15, 0.2) is 36.4 Å². The van der Waals surface area contributed by atoms with Gasteiger partial charge in [0.1, 0.15) is 0 Å². The van der Waals surface area contributed by atoms with Gasteiger partial charge >= 0.3 is 6.18 Å². The minimum atomic E-state index is -4.31. The molecule has 0 radical (unpaired) electrons. The molecule has 0 aliphatic carbocycles. The van der Waals surface area contributed by atoms with Gasteiger partial charge in [-0.2, -0.15) is 13.2 Å². The highest BCUT2D eigenvalue weighted by molar-refractivity contribution is 5.73. The first-order valence-electron chi connectivity index (χ1n) is 5.83. The highest BCUT2D eigenvalue weighted by Gasteiger charge is 2.30. The summed E-state index contributed by atoms with van der Waals surface area (Å²) >= 11 is 0. The average molecular weight is 265 g/mol. The number of nitrogens with two attached hydrogens (primary N) is 1. The third-order valence-corrected chi connectivity index (χ3v) is 3.11. The number of hydrogen-bond donors (Lipinski definition) is 1. The Hall–Kier alpha value is -1.97. The summed E-state index contributed by atoms with van der Waals surface area (Å²) in [6.07, 6.45) is -4.31. The maximum Gasteiger partial charge on any atom is 0.416 e. The van der Waals surface area contributed by atoms with Gasteiger partial charge in [0, 0.05) is 5.69 Å². The van der Waals surface area contributed by atoms with Crippen molar-refractivity contribution in [2.24, 2.45) is 0 Å². The molecule has 1 nitrogen and oxygen atoms in total. The van der Waals surface area contributed by atoms with Crippen LogP contribution in [0.3, 0.4) is 0 Å². The van der Waals surface area contributed by atoms with Crippen LogP contribution < -0.4 is 5.73 Å². The Labute approximate surface area is 109 Å². The van der Waals surface area contributed by atoms with Crippen LogP contribution in [-0.2, 0) is 6.18 Å². The number of alkyl halides is 3. The fourth-order valence-electron chi connectivity index (χ4n) is 2.07. The lowest BCUT2D eigenvalue weighted by atomic mass is 9.94. The molecule has 0 fully saturated rings. The third-order valence-electron chi connectivity index (χ3n) is 3.11. The van der Waals surface area contributed by atoms with Crippen LogP contribution in [-0.4, -0.2) is 0 Å². The number of halogens is 3. The molecule has 0 spiro atoms. The molecule has 0 amide bonds. The molecule has 2 aromatic carbocycles. The zero-order valence-electron chi connectivity index (χ0n) is 10.7. The normalized spacial score (nSPS) is 11.6. The number of anilines is 1. The summed E-state index contributed by atoms with van der Waals surface area (Å²) in [7, 11) is 0. The Morgan fingerprint density at radius 2 is 1.53 bits per heavy atom. The van der Waals surface area contributed by atoms with E-state index in [0.29, 0.717) is 11.3 Å². The molecule has 2 aromatic rings. The minimum Gasteiger partial charge on any atom is -0.399 e. The summed E-state index contributed by atoms with van der Waals surface area (Å²) < 4.78 is 37.9. The predicted molar refractivity (Wildman–Crippen MR) is 70.8 cm³/mol. The van der Waals surface area contributed by atoms with Crippen molar-refractivity contribution in [3.05, 3.63) is 53.1 Å². The van der Waals surface area contributed by atoms with E-state index in [1.54, 1.807) is 19.1 Å². The number of nitrogen functional groups attached to an aromatic ring is 1. The van der Waals surface area contributed by atoms with Crippen molar-refractivity contribution in [2.75, 3.05) is 5.73 Å². The molecule has 0 aliphatic heterocycles. The molecule has 2 N–H and O–H groups in total. The van der Waals surface area contributed by atoms with Crippen molar-refractivity contribution in [3.63, 3.8) is 0 Å². The van der Waals surface area contributed by atoms with Gasteiger partial charge in [0.15, 0.2) is 0 Å². The van der Waals surface area contributed by atoms with E-state index in [2.05, 4.69) is 0 Å². The van der Waals surface area contributed by atoms with E-state index >= 15 is 0 Å². The van der Waals surface area contributed by atoms with Gasteiger partial charge in [-0.25, -0.2) is 0 Å². The molecule has 0 heterocycles. The van der Waals surface area contributed by atoms with Gasteiger partial charge in [-0.15, -0.1) is 0 Å². The molecule has 0 bridgehead atoms. The number of hydrogen-bond acceptors (Lipinski definition) is 1. The number of aryl methyl sites for hydroxylation is 2. The topological polar surface area (TPSA) is 26.0 Å². The van der Waals surface area contributed by atoms with Crippen LogP contribution in [0, 0.1) is 13.8 Å². The largest absolute Gasteiger partial charge is 0.416 e. The van der Waals surface area contributed by atoms with Gasteiger partial charge in [-0.1, -0.05) is 12.1 Å². The predicted octanol–water partition coefficient (Wildman–Crippen LogP) is 4.57. The lowest BCUT2D eigenvalue weighted by Crippen LogP contribution is -2.05. The highest BCUT2D eigenvalue weighted by atomic mass is 19.4. The van der Waals surface area contributed by atoms with E-state index in [1.807, 2.05) is 13.0 Å². The Morgan fingerprint density at radius 3 is 2.11 bits per heavy atom. The molecule has 0 saturated heterocycles. The molecular formula is C15H14F3N. The number of benzene rings is 2. The van der Waals surface area contributed by atoms with E-state index in [9.17, 15) is 13.2 Å². The first kappa shape index (κ1) is 13.5. The van der Waals surface area contributed by atoms with Crippen molar-refractivity contribution in [1.82, 2.24) is 0 Å². The van der Waals surface area contributed by atoms with Gasteiger partial charge in [0.25, 0.3) is 0 Å². The molecule has 0 saturated carbocycles. The zero-order chi connectivity index (χ0) is 14.2. The average Bonchev–Trinajstić information content (AvgIpc) is 2.31. The number of rotatable bonds is 1. The molecule has 0 atom stereocenters.